The number of benzene rings is 1. The van der Waals surface area contributed by atoms with Gasteiger partial charge in [-0.2, -0.15) is 0 Å². The molecule has 7 heteroatoms. The number of rotatable bonds is 7. The van der Waals surface area contributed by atoms with Gasteiger partial charge in [-0.3, -0.25) is 4.79 Å². The molecule has 0 amide bonds. The van der Waals surface area contributed by atoms with Crippen molar-refractivity contribution in [3.05, 3.63) is 40.3 Å². The Morgan fingerprint density at radius 1 is 1.35 bits per heavy atom. The molecular weight excluding hydrogens is 302 g/mol. The van der Waals surface area contributed by atoms with Gasteiger partial charge in [-0.25, -0.2) is 13.1 Å². The van der Waals surface area contributed by atoms with Gasteiger partial charge in [0.15, 0.2) is 0 Å². The average Bonchev–Trinajstić information content (AvgIpc) is 2.43. The lowest BCUT2D eigenvalue weighted by molar-refractivity contribution is -0.140. The molecule has 0 fully saturated rings. The van der Waals surface area contributed by atoms with Crippen molar-refractivity contribution in [1.82, 2.24) is 4.72 Å². The Hall–Kier alpha value is -1.37. The van der Waals surface area contributed by atoms with E-state index in [0.717, 1.165) is 11.0 Å². The number of hydrogen-bond acceptors (Lipinski definition) is 4. The number of hydrogen-bond donors (Lipinski definition) is 1. The predicted molar refractivity (Wildman–Crippen MR) is 78.7 cm³/mol. The zero-order valence-electron chi connectivity index (χ0n) is 11.0. The van der Waals surface area contributed by atoms with E-state index in [4.69, 9.17) is 11.6 Å². The molecule has 0 saturated heterocycles. The number of carbonyl (C=O) groups excluding carboxylic acids is 1. The summed E-state index contributed by atoms with van der Waals surface area (Å²) in [5.74, 6) is -0.360. The Morgan fingerprint density at radius 3 is 2.60 bits per heavy atom. The van der Waals surface area contributed by atoms with E-state index >= 15 is 0 Å². The highest BCUT2D eigenvalue weighted by atomic mass is 35.5. The van der Waals surface area contributed by atoms with Crippen LogP contribution >= 0.6 is 11.6 Å². The normalized spacial score (nSPS) is 11.7. The molecule has 1 rings (SSSR count). The highest BCUT2D eigenvalue weighted by Crippen LogP contribution is 2.11. The van der Waals surface area contributed by atoms with Crippen LogP contribution in [0.4, 0.5) is 0 Å². The molecule has 110 valence electrons. The molecule has 20 heavy (non-hydrogen) atoms. The van der Waals surface area contributed by atoms with Crippen LogP contribution in [-0.2, 0) is 19.6 Å². The number of carbonyl (C=O) groups is 1. The standard InChI is InChI=1S/C13H16ClNO4S/c1-19-13(16)3-2-9-15-20(17,18)10-8-11-4-6-12(14)7-5-11/h4-8,10,15H,2-3,9H2,1H3/b10-8+. The van der Waals surface area contributed by atoms with Gasteiger partial charge in [0.05, 0.1) is 7.11 Å². The summed E-state index contributed by atoms with van der Waals surface area (Å²) >= 11 is 5.73. The van der Waals surface area contributed by atoms with Gasteiger partial charge in [0.2, 0.25) is 10.0 Å². The number of ether oxygens (including phenoxy) is 1. The molecule has 0 bridgehead atoms. The molecule has 0 heterocycles. The van der Waals surface area contributed by atoms with Crippen molar-refractivity contribution in [1.29, 1.82) is 0 Å². The van der Waals surface area contributed by atoms with Crippen molar-refractivity contribution in [2.24, 2.45) is 0 Å². The van der Waals surface area contributed by atoms with E-state index in [-0.39, 0.29) is 18.9 Å². The molecule has 0 aromatic heterocycles. The van der Waals surface area contributed by atoms with Gasteiger partial charge >= 0.3 is 5.97 Å². The fraction of sp³-hybridized carbons (Fsp3) is 0.308. The van der Waals surface area contributed by atoms with E-state index in [9.17, 15) is 13.2 Å². The van der Waals surface area contributed by atoms with Crippen molar-refractivity contribution in [3.63, 3.8) is 0 Å². The minimum absolute atomic E-state index is 0.180. The molecule has 0 aliphatic rings. The van der Waals surface area contributed by atoms with Gasteiger partial charge in [0, 0.05) is 23.4 Å². The van der Waals surface area contributed by atoms with E-state index < -0.39 is 10.0 Å². The molecule has 5 nitrogen and oxygen atoms in total. The maximum atomic E-state index is 11.6. The molecule has 0 unspecified atom stereocenters. The van der Waals surface area contributed by atoms with Gasteiger partial charge in [0.25, 0.3) is 0 Å². The molecule has 1 aromatic carbocycles. The first kappa shape index (κ1) is 16.7. The largest absolute Gasteiger partial charge is 0.469 e. The SMILES string of the molecule is COC(=O)CCCNS(=O)(=O)/C=C/c1ccc(Cl)cc1. The van der Waals surface area contributed by atoms with E-state index in [0.29, 0.717) is 11.4 Å². The molecule has 1 aromatic rings. The summed E-state index contributed by atoms with van der Waals surface area (Å²) in [5.41, 5.74) is 0.731. The summed E-state index contributed by atoms with van der Waals surface area (Å²) in [5, 5.41) is 1.67. The van der Waals surface area contributed by atoms with Crippen LogP contribution in [0.2, 0.25) is 5.02 Å². The van der Waals surface area contributed by atoms with Crippen LogP contribution in [0.25, 0.3) is 6.08 Å². The second-order valence-corrected chi connectivity index (χ2v) is 6.06. The Balaban J connectivity index is 2.45. The molecule has 0 atom stereocenters. The molecule has 0 aliphatic carbocycles. The van der Waals surface area contributed by atoms with Crippen molar-refractivity contribution >= 4 is 33.7 Å². The monoisotopic (exact) mass is 317 g/mol. The second-order valence-electron chi connectivity index (χ2n) is 3.97. The molecule has 0 radical (unpaired) electrons. The van der Waals surface area contributed by atoms with Crippen LogP contribution in [0.5, 0.6) is 0 Å². The molecule has 0 saturated carbocycles. The summed E-state index contributed by atoms with van der Waals surface area (Å²) in [6.45, 7) is 0.183. The van der Waals surface area contributed by atoms with Crippen LogP contribution < -0.4 is 4.72 Å². The Morgan fingerprint density at radius 2 is 2.00 bits per heavy atom. The maximum absolute atomic E-state index is 11.6. The van der Waals surface area contributed by atoms with Crippen LogP contribution in [0.1, 0.15) is 18.4 Å². The third-order valence-electron chi connectivity index (χ3n) is 2.40. The molecule has 0 aliphatic heterocycles. The topological polar surface area (TPSA) is 72.5 Å². The van der Waals surface area contributed by atoms with Crippen LogP contribution in [0.15, 0.2) is 29.7 Å². The highest BCUT2D eigenvalue weighted by molar-refractivity contribution is 7.92. The predicted octanol–water partition coefficient (Wildman–Crippen LogP) is 2.18. The molecule has 0 spiro atoms. The van der Waals surface area contributed by atoms with Crippen molar-refractivity contribution < 1.29 is 17.9 Å². The fourth-order valence-electron chi connectivity index (χ4n) is 1.34. The van der Waals surface area contributed by atoms with Gasteiger partial charge in [0.1, 0.15) is 0 Å². The highest BCUT2D eigenvalue weighted by Gasteiger charge is 2.05. The minimum atomic E-state index is -3.51. The van der Waals surface area contributed by atoms with Gasteiger partial charge in [-0.05, 0) is 30.2 Å². The summed E-state index contributed by atoms with van der Waals surface area (Å²) < 4.78 is 30.1. The zero-order chi connectivity index (χ0) is 15.0. The van der Waals surface area contributed by atoms with Crippen LogP contribution in [0, 0.1) is 0 Å². The lowest BCUT2D eigenvalue weighted by Crippen LogP contribution is -2.23. The first-order chi connectivity index (χ1) is 9.43. The lowest BCUT2D eigenvalue weighted by atomic mass is 10.2. The quantitative estimate of drug-likeness (QED) is 0.618. The van der Waals surface area contributed by atoms with Gasteiger partial charge in [-0.15, -0.1) is 0 Å². The summed E-state index contributed by atoms with van der Waals surface area (Å²) in [7, 11) is -2.22. The van der Waals surface area contributed by atoms with Crippen molar-refractivity contribution in [3.8, 4) is 0 Å². The number of methoxy groups -OCH3 is 1. The zero-order valence-corrected chi connectivity index (χ0v) is 12.6. The van der Waals surface area contributed by atoms with Crippen LogP contribution in [0.3, 0.4) is 0 Å². The van der Waals surface area contributed by atoms with Crippen molar-refractivity contribution in [2.75, 3.05) is 13.7 Å². The lowest BCUT2D eigenvalue weighted by Gasteiger charge is -2.02. The van der Waals surface area contributed by atoms with E-state index in [1.165, 1.54) is 13.2 Å². The number of halogens is 1. The van der Waals surface area contributed by atoms with Gasteiger partial charge < -0.3 is 4.74 Å². The Kier molecular flexibility index (Phi) is 6.70. The summed E-state index contributed by atoms with van der Waals surface area (Å²) in [4.78, 5) is 10.9. The Bertz CT molecular complexity index is 567. The summed E-state index contributed by atoms with van der Waals surface area (Å²) in [6.07, 6.45) is 2.04. The third-order valence-corrected chi connectivity index (χ3v) is 3.75. The first-order valence-electron chi connectivity index (χ1n) is 5.93. The molecule has 1 N–H and O–H groups in total. The third kappa shape index (κ3) is 6.70. The maximum Gasteiger partial charge on any atom is 0.305 e. The average molecular weight is 318 g/mol. The number of sulfonamides is 1. The van der Waals surface area contributed by atoms with E-state index in [2.05, 4.69) is 9.46 Å². The van der Waals surface area contributed by atoms with Crippen molar-refractivity contribution in [2.45, 2.75) is 12.8 Å². The molecular formula is C13H16ClNO4S. The number of esters is 1. The van der Waals surface area contributed by atoms with Crippen LogP contribution in [-0.4, -0.2) is 28.0 Å². The smallest absolute Gasteiger partial charge is 0.305 e. The summed E-state index contributed by atoms with van der Waals surface area (Å²) in [6, 6.07) is 6.78. The number of nitrogens with one attached hydrogen (secondary N) is 1. The van der Waals surface area contributed by atoms with E-state index in [1.54, 1.807) is 24.3 Å². The second kappa shape index (κ2) is 8.04. The fourth-order valence-corrected chi connectivity index (χ4v) is 2.33. The van der Waals surface area contributed by atoms with E-state index in [1.807, 2.05) is 0 Å². The van der Waals surface area contributed by atoms with Gasteiger partial charge in [-0.1, -0.05) is 23.7 Å². The first-order valence-corrected chi connectivity index (χ1v) is 7.85. The minimum Gasteiger partial charge on any atom is -0.469 e. The Labute approximate surface area is 123 Å².